The number of fused-ring (bicyclic) bond motifs is 1. The van der Waals surface area contributed by atoms with Crippen LogP contribution >= 0.6 is 11.6 Å². The van der Waals surface area contributed by atoms with Crippen LogP contribution in [0.25, 0.3) is 5.78 Å². The molecule has 0 bridgehead atoms. The van der Waals surface area contributed by atoms with E-state index < -0.39 is 17.9 Å². The van der Waals surface area contributed by atoms with E-state index in [4.69, 9.17) is 11.6 Å². The van der Waals surface area contributed by atoms with Gasteiger partial charge in [0, 0.05) is 10.7 Å². The zero-order valence-electron chi connectivity index (χ0n) is 12.9. The predicted octanol–water partition coefficient (Wildman–Crippen LogP) is 3.06. The lowest BCUT2D eigenvalue weighted by atomic mass is 10.2. The molecule has 0 fully saturated rings. The second-order valence-corrected chi connectivity index (χ2v) is 5.60. The van der Waals surface area contributed by atoms with Crippen LogP contribution in [0.3, 0.4) is 0 Å². The molecule has 0 unspecified atom stereocenters. The SMILES string of the molecule is Cc1ccc(NC(=O)c2nnc3nc(C(F)(F)F)nn3c2C)cc1Cl. The van der Waals surface area contributed by atoms with Gasteiger partial charge in [0.2, 0.25) is 0 Å². The molecule has 0 saturated carbocycles. The van der Waals surface area contributed by atoms with Crippen LogP contribution < -0.4 is 5.32 Å². The number of rotatable bonds is 2. The van der Waals surface area contributed by atoms with E-state index in [2.05, 4.69) is 25.6 Å². The molecule has 1 aromatic carbocycles. The highest BCUT2D eigenvalue weighted by Crippen LogP contribution is 2.26. The number of carbonyl (C=O) groups excluding carboxylic acids is 1. The maximum absolute atomic E-state index is 12.7. The van der Waals surface area contributed by atoms with E-state index in [1.807, 2.05) is 0 Å². The summed E-state index contributed by atoms with van der Waals surface area (Å²) in [6.45, 7) is 3.20. The molecule has 0 aliphatic carbocycles. The zero-order chi connectivity index (χ0) is 18.4. The topological polar surface area (TPSA) is 85.1 Å². The van der Waals surface area contributed by atoms with Crippen molar-refractivity contribution in [2.24, 2.45) is 0 Å². The molecule has 0 aliphatic rings. The number of aryl methyl sites for hydroxylation is 2. The fourth-order valence-electron chi connectivity index (χ4n) is 2.05. The Labute approximate surface area is 143 Å². The summed E-state index contributed by atoms with van der Waals surface area (Å²) in [6, 6.07) is 4.90. The van der Waals surface area contributed by atoms with Crippen LogP contribution in [0.2, 0.25) is 5.02 Å². The van der Waals surface area contributed by atoms with E-state index in [-0.39, 0.29) is 17.2 Å². The molecule has 0 atom stereocenters. The van der Waals surface area contributed by atoms with Crippen molar-refractivity contribution in [2.75, 3.05) is 5.32 Å². The van der Waals surface area contributed by atoms with Crippen molar-refractivity contribution in [1.82, 2.24) is 24.8 Å². The number of carbonyl (C=O) groups is 1. The second-order valence-electron chi connectivity index (χ2n) is 5.20. The number of halogens is 4. The molecule has 0 aliphatic heterocycles. The molecule has 2 heterocycles. The smallest absolute Gasteiger partial charge is 0.320 e. The molecule has 2 aromatic heterocycles. The van der Waals surface area contributed by atoms with Gasteiger partial charge in [-0.2, -0.15) is 22.7 Å². The molecular weight excluding hydrogens is 361 g/mol. The summed E-state index contributed by atoms with van der Waals surface area (Å²) in [4.78, 5) is 15.6. The van der Waals surface area contributed by atoms with Crippen LogP contribution in [0.1, 0.15) is 27.6 Å². The van der Waals surface area contributed by atoms with E-state index in [1.54, 1.807) is 25.1 Å². The molecule has 0 saturated heterocycles. The Balaban J connectivity index is 1.96. The van der Waals surface area contributed by atoms with Crippen molar-refractivity contribution in [2.45, 2.75) is 20.0 Å². The van der Waals surface area contributed by atoms with Gasteiger partial charge < -0.3 is 5.32 Å². The van der Waals surface area contributed by atoms with Gasteiger partial charge in [0.05, 0.1) is 5.69 Å². The average Bonchev–Trinajstić information content (AvgIpc) is 2.96. The van der Waals surface area contributed by atoms with Gasteiger partial charge in [-0.3, -0.25) is 4.79 Å². The van der Waals surface area contributed by atoms with Gasteiger partial charge in [-0.15, -0.1) is 15.3 Å². The minimum Gasteiger partial charge on any atom is -0.320 e. The number of nitrogens with one attached hydrogen (secondary N) is 1. The number of amides is 1. The Morgan fingerprint density at radius 3 is 2.60 bits per heavy atom. The molecule has 11 heteroatoms. The minimum absolute atomic E-state index is 0.0729. The maximum Gasteiger partial charge on any atom is 0.453 e. The highest BCUT2D eigenvalue weighted by molar-refractivity contribution is 6.31. The van der Waals surface area contributed by atoms with Crippen molar-refractivity contribution in [3.05, 3.63) is 46.0 Å². The van der Waals surface area contributed by atoms with Crippen LogP contribution in [0.15, 0.2) is 18.2 Å². The molecule has 3 aromatic rings. The number of benzene rings is 1. The van der Waals surface area contributed by atoms with Gasteiger partial charge in [-0.05, 0) is 31.5 Å². The second kappa shape index (κ2) is 5.96. The van der Waals surface area contributed by atoms with Crippen LogP contribution in [0.5, 0.6) is 0 Å². The summed E-state index contributed by atoms with van der Waals surface area (Å²) < 4.78 is 38.9. The van der Waals surface area contributed by atoms with Crippen molar-refractivity contribution >= 4 is 29.0 Å². The largest absolute Gasteiger partial charge is 0.453 e. The lowest BCUT2D eigenvalue weighted by Gasteiger charge is -2.08. The first-order valence-corrected chi connectivity index (χ1v) is 7.29. The predicted molar refractivity (Wildman–Crippen MR) is 82.5 cm³/mol. The van der Waals surface area contributed by atoms with Crippen LogP contribution in [-0.4, -0.2) is 30.7 Å². The first-order valence-electron chi connectivity index (χ1n) is 6.91. The Kier molecular flexibility index (Phi) is 4.07. The van der Waals surface area contributed by atoms with Gasteiger partial charge in [-0.1, -0.05) is 17.7 Å². The number of aromatic nitrogens is 5. The zero-order valence-corrected chi connectivity index (χ0v) is 13.6. The first kappa shape index (κ1) is 17.1. The van der Waals surface area contributed by atoms with Crippen LogP contribution in [-0.2, 0) is 6.18 Å². The molecule has 25 heavy (non-hydrogen) atoms. The molecule has 1 N–H and O–H groups in total. The van der Waals surface area contributed by atoms with Gasteiger partial charge in [0.25, 0.3) is 17.5 Å². The van der Waals surface area contributed by atoms with Crippen molar-refractivity contribution in [1.29, 1.82) is 0 Å². The van der Waals surface area contributed by atoms with Crippen molar-refractivity contribution in [3.63, 3.8) is 0 Å². The molecule has 7 nitrogen and oxygen atoms in total. The summed E-state index contributed by atoms with van der Waals surface area (Å²) >= 11 is 5.99. The van der Waals surface area contributed by atoms with Gasteiger partial charge in [-0.25, -0.2) is 0 Å². The van der Waals surface area contributed by atoms with E-state index >= 15 is 0 Å². The maximum atomic E-state index is 12.7. The Bertz CT molecular complexity index is 985. The Morgan fingerprint density at radius 1 is 1.24 bits per heavy atom. The Morgan fingerprint density at radius 2 is 1.96 bits per heavy atom. The third-order valence-corrected chi connectivity index (χ3v) is 3.80. The lowest BCUT2D eigenvalue weighted by Crippen LogP contribution is -2.18. The van der Waals surface area contributed by atoms with Gasteiger partial charge in [0.1, 0.15) is 0 Å². The van der Waals surface area contributed by atoms with E-state index in [0.717, 1.165) is 10.1 Å². The quantitative estimate of drug-likeness (QED) is 0.749. The summed E-state index contributed by atoms with van der Waals surface area (Å²) in [7, 11) is 0. The molecule has 0 radical (unpaired) electrons. The molecule has 130 valence electrons. The number of alkyl halides is 3. The summed E-state index contributed by atoms with van der Waals surface area (Å²) in [5, 5.41) is 13.5. The van der Waals surface area contributed by atoms with Gasteiger partial charge >= 0.3 is 6.18 Å². The van der Waals surface area contributed by atoms with Gasteiger partial charge in [0.15, 0.2) is 5.69 Å². The lowest BCUT2D eigenvalue weighted by molar-refractivity contribution is -0.144. The van der Waals surface area contributed by atoms with Crippen LogP contribution in [0, 0.1) is 13.8 Å². The summed E-state index contributed by atoms with van der Waals surface area (Å²) in [5.74, 6) is -2.36. The highest BCUT2D eigenvalue weighted by Gasteiger charge is 2.37. The van der Waals surface area contributed by atoms with E-state index in [0.29, 0.717) is 10.7 Å². The number of hydrogen-bond donors (Lipinski definition) is 1. The monoisotopic (exact) mass is 370 g/mol. The Hall–Kier alpha value is -2.75. The number of hydrogen-bond acceptors (Lipinski definition) is 5. The number of anilines is 1. The average molecular weight is 371 g/mol. The van der Waals surface area contributed by atoms with E-state index in [9.17, 15) is 18.0 Å². The molecular formula is C14H10ClF3N6O. The summed E-state index contributed by atoms with van der Waals surface area (Å²) in [6.07, 6.45) is -4.72. The fraction of sp³-hybridized carbons (Fsp3) is 0.214. The van der Waals surface area contributed by atoms with Crippen LogP contribution in [0.4, 0.5) is 18.9 Å². The standard InChI is InChI=1S/C14H10ClF3N6O/c1-6-3-4-8(5-9(6)15)19-11(25)10-7(2)24-13(22-21-10)20-12(23-24)14(16,17)18/h3-5H,1-2H3,(H,19,25). The minimum atomic E-state index is -4.72. The van der Waals surface area contributed by atoms with Crippen molar-refractivity contribution in [3.8, 4) is 0 Å². The fourth-order valence-corrected chi connectivity index (χ4v) is 2.23. The number of nitrogens with zero attached hydrogens (tertiary/aromatic N) is 5. The molecule has 1 amide bonds. The van der Waals surface area contributed by atoms with Crippen molar-refractivity contribution < 1.29 is 18.0 Å². The third kappa shape index (κ3) is 3.25. The summed E-state index contributed by atoms with van der Waals surface area (Å²) in [5.41, 5.74) is 1.14. The third-order valence-electron chi connectivity index (χ3n) is 3.39. The molecule has 0 spiro atoms. The first-order chi connectivity index (χ1) is 11.7. The van der Waals surface area contributed by atoms with E-state index in [1.165, 1.54) is 6.92 Å². The molecule has 3 rings (SSSR count). The normalized spacial score (nSPS) is 11.8. The highest BCUT2D eigenvalue weighted by atomic mass is 35.5.